The second kappa shape index (κ2) is 8.56. The Hall–Kier alpha value is -3.97. The number of nitrogens with zero attached hydrogens (tertiary/aromatic N) is 2. The quantitative estimate of drug-likeness (QED) is 0.301. The van der Waals surface area contributed by atoms with Crippen molar-refractivity contribution >= 4 is 27.6 Å². The maximum atomic E-state index is 16.6. The zero-order chi connectivity index (χ0) is 25.1. The number of halogens is 1. The van der Waals surface area contributed by atoms with Crippen LogP contribution in [0.5, 0.6) is 0 Å². The molecule has 37 heavy (non-hydrogen) atoms. The van der Waals surface area contributed by atoms with E-state index in [1.165, 1.54) is 0 Å². The Morgan fingerprint density at radius 1 is 0.946 bits per heavy atom. The average molecular weight is 494 g/mol. The van der Waals surface area contributed by atoms with Crippen LogP contribution in [0, 0.1) is 18.7 Å². The fraction of sp³-hybridized carbons (Fsp3) is 0.267. The molecule has 0 aliphatic carbocycles. The van der Waals surface area contributed by atoms with Crippen molar-refractivity contribution in [3.05, 3.63) is 82.4 Å². The molecule has 2 aromatic heterocycles. The van der Waals surface area contributed by atoms with E-state index in [0.29, 0.717) is 39.5 Å². The minimum atomic E-state index is -0.343. The van der Waals surface area contributed by atoms with E-state index in [4.69, 9.17) is 4.98 Å². The Kier molecular flexibility index (Phi) is 5.15. The number of benzene rings is 3. The lowest BCUT2D eigenvalue weighted by Crippen LogP contribution is -2.53. The van der Waals surface area contributed by atoms with Gasteiger partial charge < -0.3 is 20.2 Å². The van der Waals surface area contributed by atoms with Crippen LogP contribution < -0.4 is 10.9 Å². The first-order valence-corrected chi connectivity index (χ1v) is 13.0. The molecule has 3 aliphatic rings. The van der Waals surface area contributed by atoms with Crippen molar-refractivity contribution in [2.24, 2.45) is 5.92 Å². The normalized spacial score (nSPS) is 21.1. The van der Waals surface area contributed by atoms with Crippen LogP contribution in [0.1, 0.15) is 18.4 Å². The molecule has 3 saturated heterocycles. The van der Waals surface area contributed by atoms with Crippen molar-refractivity contribution in [2.75, 3.05) is 25.0 Å². The van der Waals surface area contributed by atoms with Gasteiger partial charge in [-0.15, -0.1) is 0 Å². The minimum Gasteiger partial charge on any atom is -0.379 e. The van der Waals surface area contributed by atoms with E-state index in [9.17, 15) is 4.79 Å². The maximum absolute atomic E-state index is 16.6. The summed E-state index contributed by atoms with van der Waals surface area (Å²) in [6, 6.07) is 19.2. The van der Waals surface area contributed by atoms with Gasteiger partial charge in [0, 0.05) is 18.2 Å². The Bertz CT molecular complexity index is 1680. The molecule has 3 aromatic carbocycles. The Morgan fingerprint density at radius 3 is 2.49 bits per heavy atom. The van der Waals surface area contributed by atoms with E-state index in [1.807, 2.05) is 61.5 Å². The number of aromatic nitrogens is 3. The molecule has 8 rings (SSSR count). The van der Waals surface area contributed by atoms with Crippen molar-refractivity contribution in [3.8, 4) is 22.5 Å². The van der Waals surface area contributed by atoms with Crippen molar-refractivity contribution < 1.29 is 4.39 Å². The molecular weight excluding hydrogens is 465 g/mol. The molecule has 0 spiro atoms. The molecule has 0 unspecified atom stereocenters. The van der Waals surface area contributed by atoms with Crippen LogP contribution in [0.4, 0.5) is 10.1 Å². The molecule has 5 aromatic rings. The first-order valence-electron chi connectivity index (χ1n) is 13.0. The largest absolute Gasteiger partial charge is 0.379 e. The fourth-order valence-corrected chi connectivity index (χ4v) is 6.19. The highest BCUT2D eigenvalue weighted by Crippen LogP contribution is 2.39. The lowest BCUT2D eigenvalue weighted by atomic mass is 9.83. The molecule has 3 aliphatic heterocycles. The highest BCUT2D eigenvalue weighted by molar-refractivity contribution is 6.01. The predicted molar refractivity (Wildman–Crippen MR) is 146 cm³/mol. The zero-order valence-corrected chi connectivity index (χ0v) is 20.6. The summed E-state index contributed by atoms with van der Waals surface area (Å²) in [6.07, 6.45) is 2.21. The number of aromatic amines is 2. The SMILES string of the molecule is Cc1ccccc1-c1ccc2[nH]c(=O)c(-c3nc4ccccc4[nH]3)c(N[C@H]3CN4CCC3CC4)c2c1F. The van der Waals surface area contributed by atoms with Gasteiger partial charge in [-0.1, -0.05) is 36.4 Å². The lowest BCUT2D eigenvalue weighted by molar-refractivity contribution is 0.0976. The Morgan fingerprint density at radius 2 is 1.73 bits per heavy atom. The van der Waals surface area contributed by atoms with Crippen LogP contribution in [-0.4, -0.2) is 45.5 Å². The fourth-order valence-electron chi connectivity index (χ4n) is 6.19. The molecule has 3 N–H and O–H groups in total. The summed E-state index contributed by atoms with van der Waals surface area (Å²) >= 11 is 0. The standard InChI is InChI=1S/C30H28FN5O/c1-17-6-2-3-7-19(17)20-10-11-23-25(27(20)31)28(32-24-16-36-14-12-18(24)13-15-36)26(30(37)35-23)29-33-21-8-4-5-9-22(21)34-29/h2-11,18,24H,12-16H2,1H3,(H,33,34)(H2,32,35,37)/t24-/m0/s1. The van der Waals surface area contributed by atoms with Gasteiger partial charge in [0.1, 0.15) is 17.2 Å². The number of hydrogen-bond donors (Lipinski definition) is 3. The van der Waals surface area contributed by atoms with E-state index in [0.717, 1.165) is 54.6 Å². The minimum absolute atomic E-state index is 0.136. The molecule has 0 radical (unpaired) electrons. The third kappa shape index (κ3) is 3.64. The number of anilines is 1. The summed E-state index contributed by atoms with van der Waals surface area (Å²) in [7, 11) is 0. The molecule has 7 heteroatoms. The van der Waals surface area contributed by atoms with Crippen LogP contribution in [0.15, 0.2) is 65.5 Å². The summed E-state index contributed by atoms with van der Waals surface area (Å²) < 4.78 is 16.6. The van der Waals surface area contributed by atoms with Gasteiger partial charge in [0.15, 0.2) is 0 Å². The lowest BCUT2D eigenvalue weighted by Gasteiger charge is -2.45. The predicted octanol–water partition coefficient (Wildman–Crippen LogP) is 5.69. The van der Waals surface area contributed by atoms with Gasteiger partial charge in [0.25, 0.3) is 5.56 Å². The van der Waals surface area contributed by atoms with Crippen LogP contribution in [0.3, 0.4) is 0 Å². The number of imidazole rings is 1. The third-order valence-electron chi connectivity index (χ3n) is 8.16. The topological polar surface area (TPSA) is 76.8 Å². The molecule has 0 saturated carbocycles. The number of hydrogen-bond acceptors (Lipinski definition) is 4. The number of nitrogens with one attached hydrogen (secondary N) is 3. The molecule has 1 atom stereocenters. The highest BCUT2D eigenvalue weighted by Gasteiger charge is 2.35. The van der Waals surface area contributed by atoms with Crippen LogP contribution in [0.25, 0.3) is 44.5 Å². The average Bonchev–Trinajstić information content (AvgIpc) is 3.34. The van der Waals surface area contributed by atoms with Gasteiger partial charge in [0.2, 0.25) is 0 Å². The third-order valence-corrected chi connectivity index (χ3v) is 8.16. The number of aryl methyl sites for hydroxylation is 1. The summed E-state index contributed by atoms with van der Waals surface area (Å²) in [6.45, 7) is 5.07. The molecule has 186 valence electrons. The van der Waals surface area contributed by atoms with Crippen LogP contribution in [0.2, 0.25) is 0 Å². The number of H-pyrrole nitrogens is 2. The van der Waals surface area contributed by atoms with Crippen molar-refractivity contribution in [3.63, 3.8) is 0 Å². The number of pyridine rings is 1. The van der Waals surface area contributed by atoms with Gasteiger partial charge in [-0.05, 0) is 74.2 Å². The first-order chi connectivity index (χ1) is 18.1. The van der Waals surface area contributed by atoms with Gasteiger partial charge in [-0.25, -0.2) is 9.37 Å². The number of piperidine rings is 3. The van der Waals surface area contributed by atoms with Crippen LogP contribution in [-0.2, 0) is 0 Å². The highest BCUT2D eigenvalue weighted by atomic mass is 19.1. The van der Waals surface area contributed by atoms with E-state index in [2.05, 4.69) is 20.2 Å². The van der Waals surface area contributed by atoms with Gasteiger partial charge in [-0.2, -0.15) is 0 Å². The first kappa shape index (κ1) is 22.2. The van der Waals surface area contributed by atoms with Crippen molar-refractivity contribution in [2.45, 2.75) is 25.8 Å². The zero-order valence-electron chi connectivity index (χ0n) is 20.6. The Labute approximate surface area is 213 Å². The summed E-state index contributed by atoms with van der Waals surface area (Å²) in [5, 5.41) is 4.08. The van der Waals surface area contributed by atoms with E-state index in [1.54, 1.807) is 6.07 Å². The van der Waals surface area contributed by atoms with Gasteiger partial charge >= 0.3 is 0 Å². The Balaban J connectivity index is 1.49. The van der Waals surface area contributed by atoms with Crippen LogP contribution >= 0.6 is 0 Å². The van der Waals surface area contributed by atoms with Crippen molar-refractivity contribution in [1.29, 1.82) is 0 Å². The van der Waals surface area contributed by atoms with E-state index >= 15 is 4.39 Å². The monoisotopic (exact) mass is 493 g/mol. The summed E-state index contributed by atoms with van der Waals surface area (Å²) in [5.74, 6) is 0.587. The van der Waals surface area contributed by atoms with E-state index in [-0.39, 0.29) is 17.4 Å². The molecular formula is C30H28FN5O. The second-order valence-electron chi connectivity index (χ2n) is 10.4. The number of para-hydroxylation sites is 2. The van der Waals surface area contributed by atoms with E-state index < -0.39 is 0 Å². The summed E-state index contributed by atoms with van der Waals surface area (Å²) in [4.78, 5) is 27.0. The van der Waals surface area contributed by atoms with Gasteiger partial charge in [-0.3, -0.25) is 4.79 Å². The molecule has 6 nitrogen and oxygen atoms in total. The number of fused-ring (bicyclic) bond motifs is 5. The summed E-state index contributed by atoms with van der Waals surface area (Å²) in [5.41, 5.74) is 5.00. The maximum Gasteiger partial charge on any atom is 0.261 e. The molecule has 5 heterocycles. The van der Waals surface area contributed by atoms with Gasteiger partial charge in [0.05, 0.1) is 27.6 Å². The second-order valence-corrected chi connectivity index (χ2v) is 10.4. The van der Waals surface area contributed by atoms with Crippen molar-refractivity contribution in [1.82, 2.24) is 19.9 Å². The molecule has 0 amide bonds. The molecule has 3 fully saturated rings. The molecule has 2 bridgehead atoms. The smallest absolute Gasteiger partial charge is 0.261 e. The number of rotatable bonds is 4.